The second kappa shape index (κ2) is 7.93. The number of nitrogens with zero attached hydrogens (tertiary/aromatic N) is 1. The van der Waals surface area contributed by atoms with Crippen LogP contribution >= 0.6 is 11.6 Å². The van der Waals surface area contributed by atoms with Gasteiger partial charge in [0.2, 0.25) is 0 Å². The number of amides is 1. The summed E-state index contributed by atoms with van der Waals surface area (Å²) in [6.07, 6.45) is 5.14. The number of phenolic OH excluding ortho intramolecular Hbond substituents is 1. The standard InChI is InChI=1S/C21H26ClNO4/c1-12(2)10-17(25)18-19(13-8-9-16(24)15(22)11-13)23(21(27)20(18)26)14-6-4-3-5-7-14/h8-9,11-12,14,19,24,26H,3-7,10H2,1-2H3. The van der Waals surface area contributed by atoms with Gasteiger partial charge in [0.25, 0.3) is 5.91 Å². The Balaban J connectivity index is 2.07. The van der Waals surface area contributed by atoms with Crippen LogP contribution in [0.3, 0.4) is 0 Å². The second-order valence-corrected chi connectivity index (χ2v) is 8.31. The number of hydrogen-bond donors (Lipinski definition) is 2. The van der Waals surface area contributed by atoms with E-state index in [0.29, 0.717) is 5.56 Å². The van der Waals surface area contributed by atoms with E-state index in [1.807, 2.05) is 13.8 Å². The monoisotopic (exact) mass is 391 g/mol. The van der Waals surface area contributed by atoms with Gasteiger partial charge in [-0.3, -0.25) is 9.59 Å². The summed E-state index contributed by atoms with van der Waals surface area (Å²) in [4.78, 5) is 27.5. The Hall–Kier alpha value is -2.01. The third-order valence-electron chi connectivity index (χ3n) is 5.39. The van der Waals surface area contributed by atoms with Crippen LogP contribution in [0.2, 0.25) is 5.02 Å². The number of hydrogen-bond acceptors (Lipinski definition) is 4. The van der Waals surface area contributed by atoms with Crippen molar-refractivity contribution in [3.63, 3.8) is 0 Å². The average Bonchev–Trinajstić information content (AvgIpc) is 2.89. The first kappa shape index (κ1) is 19.7. The normalized spacial score (nSPS) is 21.4. The Bertz CT molecular complexity index is 780. The highest BCUT2D eigenvalue weighted by molar-refractivity contribution is 6.32. The van der Waals surface area contributed by atoms with E-state index < -0.39 is 17.7 Å². The molecule has 27 heavy (non-hydrogen) atoms. The van der Waals surface area contributed by atoms with Crippen molar-refractivity contribution in [3.8, 4) is 5.75 Å². The first-order chi connectivity index (χ1) is 12.8. The number of aromatic hydroxyl groups is 1. The highest BCUT2D eigenvalue weighted by Crippen LogP contribution is 2.43. The lowest BCUT2D eigenvalue weighted by Gasteiger charge is -2.36. The van der Waals surface area contributed by atoms with E-state index >= 15 is 0 Å². The molecule has 1 atom stereocenters. The molecule has 0 spiro atoms. The fraction of sp³-hybridized carbons (Fsp3) is 0.524. The number of benzene rings is 1. The number of aliphatic hydroxyl groups excluding tert-OH is 1. The van der Waals surface area contributed by atoms with Crippen molar-refractivity contribution >= 4 is 23.3 Å². The minimum Gasteiger partial charge on any atom is -0.506 e. The molecule has 3 rings (SSSR count). The van der Waals surface area contributed by atoms with Crippen LogP contribution in [0.15, 0.2) is 29.5 Å². The topological polar surface area (TPSA) is 77.8 Å². The molecule has 1 amide bonds. The smallest absolute Gasteiger partial charge is 0.290 e. The summed E-state index contributed by atoms with van der Waals surface area (Å²) < 4.78 is 0. The number of carbonyl (C=O) groups excluding carboxylic acids is 2. The number of rotatable bonds is 5. The fourth-order valence-corrected chi connectivity index (χ4v) is 4.33. The van der Waals surface area contributed by atoms with Gasteiger partial charge in [0.1, 0.15) is 5.75 Å². The first-order valence-corrected chi connectivity index (χ1v) is 9.96. The summed E-state index contributed by atoms with van der Waals surface area (Å²) >= 11 is 6.09. The molecule has 5 nitrogen and oxygen atoms in total. The van der Waals surface area contributed by atoms with Crippen LogP contribution in [0.5, 0.6) is 5.75 Å². The predicted octanol–water partition coefficient (Wildman–Crippen LogP) is 4.69. The summed E-state index contributed by atoms with van der Waals surface area (Å²) in [7, 11) is 0. The van der Waals surface area contributed by atoms with Gasteiger partial charge in [-0.25, -0.2) is 0 Å². The van der Waals surface area contributed by atoms with Crippen LogP contribution in [0.1, 0.15) is 64.0 Å². The number of phenols is 1. The Morgan fingerprint density at radius 1 is 1.22 bits per heavy atom. The fourth-order valence-electron chi connectivity index (χ4n) is 4.14. The Kier molecular flexibility index (Phi) is 5.80. The summed E-state index contributed by atoms with van der Waals surface area (Å²) in [6, 6.07) is 4.02. The van der Waals surface area contributed by atoms with Crippen LogP contribution < -0.4 is 0 Å². The molecule has 0 bridgehead atoms. The Labute approximate surface area is 164 Å². The van der Waals surface area contributed by atoms with Gasteiger partial charge in [-0.15, -0.1) is 0 Å². The van der Waals surface area contributed by atoms with Gasteiger partial charge in [0.05, 0.1) is 16.6 Å². The zero-order chi connectivity index (χ0) is 19.7. The van der Waals surface area contributed by atoms with Gasteiger partial charge in [0, 0.05) is 12.5 Å². The molecule has 1 aliphatic heterocycles. The van der Waals surface area contributed by atoms with Crippen molar-refractivity contribution < 1.29 is 19.8 Å². The van der Waals surface area contributed by atoms with Gasteiger partial charge < -0.3 is 15.1 Å². The summed E-state index contributed by atoms with van der Waals surface area (Å²) in [5.74, 6) is -1.09. The van der Waals surface area contributed by atoms with Crippen LogP contribution in [-0.2, 0) is 9.59 Å². The second-order valence-electron chi connectivity index (χ2n) is 7.90. The number of aliphatic hydroxyl groups is 1. The molecule has 1 fully saturated rings. The molecule has 0 radical (unpaired) electrons. The van der Waals surface area contributed by atoms with E-state index in [4.69, 9.17) is 11.6 Å². The molecule has 2 aliphatic rings. The van der Waals surface area contributed by atoms with Crippen molar-refractivity contribution in [1.29, 1.82) is 0 Å². The highest BCUT2D eigenvalue weighted by atomic mass is 35.5. The van der Waals surface area contributed by atoms with Crippen molar-refractivity contribution in [2.24, 2.45) is 5.92 Å². The van der Waals surface area contributed by atoms with Gasteiger partial charge in [-0.05, 0) is 36.5 Å². The van der Waals surface area contributed by atoms with Gasteiger partial charge in [-0.1, -0.05) is 50.8 Å². The van der Waals surface area contributed by atoms with E-state index in [-0.39, 0.29) is 40.5 Å². The molecule has 2 N–H and O–H groups in total. The molecule has 1 unspecified atom stereocenters. The minimum atomic E-state index is -0.662. The lowest BCUT2D eigenvalue weighted by molar-refractivity contribution is -0.132. The van der Waals surface area contributed by atoms with Crippen LogP contribution in [-0.4, -0.2) is 32.8 Å². The number of halogens is 1. The quantitative estimate of drug-likeness (QED) is 0.763. The third-order valence-corrected chi connectivity index (χ3v) is 5.70. The minimum absolute atomic E-state index is 0.0182. The van der Waals surface area contributed by atoms with Crippen molar-refractivity contribution in [3.05, 3.63) is 40.1 Å². The summed E-state index contributed by atoms with van der Waals surface area (Å²) in [6.45, 7) is 3.86. The van der Waals surface area contributed by atoms with Crippen molar-refractivity contribution in [2.75, 3.05) is 0 Å². The van der Waals surface area contributed by atoms with Gasteiger partial charge >= 0.3 is 0 Å². The zero-order valence-electron chi connectivity index (χ0n) is 15.7. The summed E-state index contributed by atoms with van der Waals surface area (Å²) in [5.41, 5.74) is 0.786. The molecule has 1 aromatic carbocycles. The van der Waals surface area contributed by atoms with Crippen molar-refractivity contribution in [2.45, 2.75) is 64.5 Å². The molecule has 1 saturated carbocycles. The highest BCUT2D eigenvalue weighted by Gasteiger charge is 2.46. The van der Waals surface area contributed by atoms with Crippen LogP contribution in [0.4, 0.5) is 0 Å². The molecule has 6 heteroatoms. The van der Waals surface area contributed by atoms with E-state index in [1.165, 1.54) is 6.07 Å². The molecular formula is C21H26ClNO4. The maximum atomic E-state index is 12.9. The van der Waals surface area contributed by atoms with E-state index in [0.717, 1.165) is 32.1 Å². The Morgan fingerprint density at radius 3 is 2.48 bits per heavy atom. The number of Topliss-reactive ketones (excluding diaryl/α,β-unsaturated/α-hetero) is 1. The zero-order valence-corrected chi connectivity index (χ0v) is 16.5. The van der Waals surface area contributed by atoms with Crippen molar-refractivity contribution in [1.82, 2.24) is 4.90 Å². The van der Waals surface area contributed by atoms with Crippen LogP contribution in [0.25, 0.3) is 0 Å². The number of carbonyl (C=O) groups is 2. The Morgan fingerprint density at radius 2 is 1.89 bits per heavy atom. The maximum Gasteiger partial charge on any atom is 0.290 e. The van der Waals surface area contributed by atoms with E-state index in [1.54, 1.807) is 17.0 Å². The largest absolute Gasteiger partial charge is 0.506 e. The molecule has 1 aliphatic carbocycles. The molecule has 1 heterocycles. The van der Waals surface area contributed by atoms with E-state index in [2.05, 4.69) is 0 Å². The molecular weight excluding hydrogens is 366 g/mol. The molecule has 1 aromatic rings. The SMILES string of the molecule is CC(C)CC(=O)C1=C(O)C(=O)N(C2CCCCC2)C1c1ccc(O)c(Cl)c1. The lowest BCUT2D eigenvalue weighted by Crippen LogP contribution is -2.41. The molecule has 146 valence electrons. The molecule has 0 saturated heterocycles. The van der Waals surface area contributed by atoms with Gasteiger partial charge in [0.15, 0.2) is 11.5 Å². The first-order valence-electron chi connectivity index (χ1n) is 9.58. The van der Waals surface area contributed by atoms with Gasteiger partial charge in [-0.2, -0.15) is 0 Å². The maximum absolute atomic E-state index is 12.9. The number of ketones is 1. The summed E-state index contributed by atoms with van der Waals surface area (Å²) in [5, 5.41) is 20.5. The lowest BCUT2D eigenvalue weighted by atomic mass is 9.89. The van der Waals surface area contributed by atoms with E-state index in [9.17, 15) is 19.8 Å². The predicted molar refractivity (Wildman–Crippen MR) is 104 cm³/mol. The molecule has 0 aromatic heterocycles. The average molecular weight is 392 g/mol. The van der Waals surface area contributed by atoms with Crippen LogP contribution in [0, 0.1) is 5.92 Å². The third kappa shape index (κ3) is 3.84.